The summed E-state index contributed by atoms with van der Waals surface area (Å²) in [6, 6.07) is 9.43. The number of halogens is 1. The molecule has 4 N–H and O–H groups in total. The number of amides is 1. The minimum atomic E-state index is -1.01. The van der Waals surface area contributed by atoms with Crippen molar-refractivity contribution in [2.45, 2.75) is 25.7 Å². The van der Waals surface area contributed by atoms with E-state index >= 15 is 0 Å². The number of rotatable bonds is 7. The highest BCUT2D eigenvalue weighted by molar-refractivity contribution is 6.30. The van der Waals surface area contributed by atoms with Crippen LogP contribution in [-0.2, 0) is 16.0 Å². The Balaban J connectivity index is 1.78. The maximum absolute atomic E-state index is 12.5. The van der Waals surface area contributed by atoms with E-state index in [-0.39, 0.29) is 30.5 Å². The molecule has 8 nitrogen and oxygen atoms in total. The number of carboxylic acids is 1. The van der Waals surface area contributed by atoms with E-state index < -0.39 is 34.9 Å². The first-order valence-corrected chi connectivity index (χ1v) is 9.76. The van der Waals surface area contributed by atoms with Crippen molar-refractivity contribution in [2.75, 3.05) is 6.54 Å². The third-order valence-corrected chi connectivity index (χ3v) is 5.31. The lowest BCUT2D eigenvalue weighted by Gasteiger charge is -2.17. The molecule has 3 rings (SSSR count). The zero-order valence-corrected chi connectivity index (χ0v) is 17.3. The Morgan fingerprint density at radius 3 is 2.45 bits per heavy atom. The van der Waals surface area contributed by atoms with Gasteiger partial charge in [-0.25, -0.2) is 4.79 Å². The fourth-order valence-corrected chi connectivity index (χ4v) is 3.47. The first kappa shape index (κ1) is 22.2. The molecule has 0 aliphatic rings. The number of nitrogens with one attached hydrogen (secondary N) is 1. The predicted molar refractivity (Wildman–Crippen MR) is 114 cm³/mol. The molecule has 1 atom stereocenters. The molecule has 0 saturated carbocycles. The summed E-state index contributed by atoms with van der Waals surface area (Å²) in [5, 5.41) is 32.2. The van der Waals surface area contributed by atoms with Crippen LogP contribution in [0, 0.1) is 6.92 Å². The maximum Gasteiger partial charge on any atom is 0.340 e. The Morgan fingerprint density at radius 1 is 1.13 bits per heavy atom. The van der Waals surface area contributed by atoms with Gasteiger partial charge in [-0.2, -0.15) is 0 Å². The monoisotopic (exact) mass is 445 g/mol. The molecular formula is C22H20ClNO7. The van der Waals surface area contributed by atoms with E-state index in [4.69, 9.17) is 16.0 Å². The van der Waals surface area contributed by atoms with Crippen molar-refractivity contribution in [2.24, 2.45) is 0 Å². The van der Waals surface area contributed by atoms with Gasteiger partial charge in [0.2, 0.25) is 11.7 Å². The van der Waals surface area contributed by atoms with Crippen molar-refractivity contribution in [3.63, 3.8) is 0 Å². The first-order valence-electron chi connectivity index (χ1n) is 9.38. The second-order valence-corrected chi connectivity index (χ2v) is 7.57. The summed E-state index contributed by atoms with van der Waals surface area (Å²) < 4.78 is 5.11. The molecule has 0 fully saturated rings. The molecule has 0 radical (unpaired) electrons. The van der Waals surface area contributed by atoms with Gasteiger partial charge in [-0.05, 0) is 42.3 Å². The van der Waals surface area contributed by atoms with Crippen LogP contribution >= 0.6 is 11.6 Å². The number of carbonyl (C=O) groups is 2. The number of hydrogen-bond donors (Lipinski definition) is 4. The SMILES string of the molecule is Cc1c(CC(=O)NC[C@@H](CC(=O)O)c2ccc(Cl)cc2)c(=O)oc2c(O)c(O)ccc12. The highest BCUT2D eigenvalue weighted by Gasteiger charge is 2.20. The Bertz CT molecular complexity index is 1200. The molecule has 31 heavy (non-hydrogen) atoms. The molecule has 3 aromatic rings. The zero-order valence-electron chi connectivity index (χ0n) is 16.5. The lowest BCUT2D eigenvalue weighted by atomic mass is 9.95. The maximum atomic E-state index is 12.5. The number of fused-ring (bicyclic) bond motifs is 1. The summed E-state index contributed by atoms with van der Waals surface area (Å²) in [5.74, 6) is -2.95. The zero-order chi connectivity index (χ0) is 22.7. The molecule has 1 amide bonds. The number of hydrogen-bond acceptors (Lipinski definition) is 6. The number of carbonyl (C=O) groups excluding carboxylic acids is 1. The summed E-state index contributed by atoms with van der Waals surface area (Å²) >= 11 is 5.88. The second-order valence-electron chi connectivity index (χ2n) is 7.13. The van der Waals surface area contributed by atoms with Crippen molar-refractivity contribution < 1.29 is 29.3 Å². The first-order chi connectivity index (χ1) is 14.7. The van der Waals surface area contributed by atoms with Crippen molar-refractivity contribution >= 4 is 34.4 Å². The molecule has 0 bridgehead atoms. The molecule has 162 valence electrons. The van der Waals surface area contributed by atoms with Gasteiger partial charge in [-0.15, -0.1) is 0 Å². The highest BCUT2D eigenvalue weighted by Crippen LogP contribution is 2.34. The summed E-state index contributed by atoms with van der Waals surface area (Å²) in [4.78, 5) is 36.1. The smallest absolute Gasteiger partial charge is 0.340 e. The van der Waals surface area contributed by atoms with Crippen LogP contribution in [0.1, 0.15) is 29.0 Å². The minimum absolute atomic E-state index is 0.0549. The quantitative estimate of drug-likeness (QED) is 0.324. The number of aryl methyl sites for hydroxylation is 1. The fraction of sp³-hybridized carbons (Fsp3) is 0.227. The average molecular weight is 446 g/mol. The van der Waals surface area contributed by atoms with E-state index in [0.29, 0.717) is 21.5 Å². The molecule has 0 aliphatic carbocycles. The van der Waals surface area contributed by atoms with Gasteiger partial charge in [0, 0.05) is 22.9 Å². The lowest BCUT2D eigenvalue weighted by molar-refractivity contribution is -0.137. The van der Waals surface area contributed by atoms with Gasteiger partial charge in [0.25, 0.3) is 0 Å². The van der Waals surface area contributed by atoms with Crippen molar-refractivity contribution in [1.29, 1.82) is 0 Å². The van der Waals surface area contributed by atoms with E-state index in [9.17, 15) is 29.7 Å². The Labute approximate surface area is 181 Å². The van der Waals surface area contributed by atoms with Crippen molar-refractivity contribution in [3.05, 3.63) is 68.5 Å². The van der Waals surface area contributed by atoms with Crippen LogP contribution in [0.15, 0.2) is 45.6 Å². The molecule has 0 unspecified atom stereocenters. The minimum Gasteiger partial charge on any atom is -0.504 e. The van der Waals surface area contributed by atoms with Crippen molar-refractivity contribution in [1.82, 2.24) is 5.32 Å². The number of phenolic OH excluding ortho intramolecular Hbond substituents is 2. The largest absolute Gasteiger partial charge is 0.504 e. The number of benzene rings is 2. The van der Waals surface area contributed by atoms with Gasteiger partial charge >= 0.3 is 11.6 Å². The number of aliphatic carboxylic acids is 1. The number of phenols is 2. The van der Waals surface area contributed by atoms with E-state index in [2.05, 4.69) is 5.32 Å². The lowest BCUT2D eigenvalue weighted by Crippen LogP contribution is -2.32. The molecule has 0 spiro atoms. The van der Waals surface area contributed by atoms with E-state index in [0.717, 1.165) is 0 Å². The van der Waals surface area contributed by atoms with Crippen LogP contribution in [0.4, 0.5) is 0 Å². The molecular weight excluding hydrogens is 426 g/mol. The molecule has 2 aromatic carbocycles. The average Bonchev–Trinajstić information content (AvgIpc) is 2.72. The number of aromatic hydroxyl groups is 2. The topological polar surface area (TPSA) is 137 Å². The Kier molecular flexibility index (Phi) is 6.50. The summed E-state index contributed by atoms with van der Waals surface area (Å²) in [7, 11) is 0. The Hall–Kier alpha value is -3.52. The van der Waals surface area contributed by atoms with E-state index in [1.807, 2.05) is 0 Å². The molecule has 9 heteroatoms. The second kappa shape index (κ2) is 9.09. The van der Waals surface area contributed by atoms with Crippen molar-refractivity contribution in [3.8, 4) is 11.5 Å². The van der Waals surface area contributed by atoms with Crippen LogP contribution in [0.3, 0.4) is 0 Å². The molecule has 0 aliphatic heterocycles. The molecule has 1 aromatic heterocycles. The fourth-order valence-electron chi connectivity index (χ4n) is 3.35. The van der Waals surface area contributed by atoms with Gasteiger partial charge in [-0.3, -0.25) is 9.59 Å². The molecule has 0 saturated heterocycles. The summed E-state index contributed by atoms with van der Waals surface area (Å²) in [6.07, 6.45) is -0.478. The van der Waals surface area contributed by atoms with Gasteiger partial charge in [0.15, 0.2) is 11.3 Å². The van der Waals surface area contributed by atoms with E-state index in [1.165, 1.54) is 12.1 Å². The van der Waals surface area contributed by atoms with Crippen LogP contribution < -0.4 is 10.9 Å². The predicted octanol–water partition coefficient (Wildman–Crippen LogP) is 3.08. The van der Waals surface area contributed by atoms with Gasteiger partial charge in [-0.1, -0.05) is 23.7 Å². The standard InChI is InChI=1S/C22H20ClNO7/c1-11-15-6-7-17(25)20(29)21(15)31-22(30)16(11)9-18(26)24-10-13(8-19(27)28)12-2-4-14(23)5-3-12/h2-7,13,25,29H,8-10H2,1H3,(H,24,26)(H,27,28)/t13-/m1/s1. The van der Waals surface area contributed by atoms with Crippen LogP contribution in [0.5, 0.6) is 11.5 Å². The third kappa shape index (κ3) is 4.97. The van der Waals surface area contributed by atoms with Gasteiger partial charge in [0.1, 0.15) is 0 Å². The normalized spacial score (nSPS) is 11.9. The Morgan fingerprint density at radius 2 is 1.81 bits per heavy atom. The van der Waals surface area contributed by atoms with E-state index in [1.54, 1.807) is 31.2 Å². The van der Waals surface area contributed by atoms with Crippen LogP contribution in [0.25, 0.3) is 11.0 Å². The van der Waals surface area contributed by atoms with Crippen LogP contribution in [0.2, 0.25) is 5.02 Å². The van der Waals surface area contributed by atoms with Gasteiger partial charge in [0.05, 0.1) is 18.4 Å². The highest BCUT2D eigenvalue weighted by atomic mass is 35.5. The number of carboxylic acid groups (broad SMARTS) is 1. The van der Waals surface area contributed by atoms with Gasteiger partial charge < -0.3 is 25.1 Å². The third-order valence-electron chi connectivity index (χ3n) is 5.05. The summed E-state index contributed by atoms with van der Waals surface area (Å²) in [5.41, 5.74) is 0.299. The molecule has 1 heterocycles. The van der Waals surface area contributed by atoms with Crippen LogP contribution in [-0.4, -0.2) is 33.7 Å². The summed E-state index contributed by atoms with van der Waals surface area (Å²) in [6.45, 7) is 1.67.